The molecule has 1 atom stereocenters. The summed E-state index contributed by atoms with van der Waals surface area (Å²) in [5.74, 6) is 0.745. The predicted octanol–water partition coefficient (Wildman–Crippen LogP) is 5.31. The summed E-state index contributed by atoms with van der Waals surface area (Å²) in [6, 6.07) is 13.8. The summed E-state index contributed by atoms with van der Waals surface area (Å²) in [6.07, 6.45) is 3.97. The number of halogens is 2. The highest BCUT2D eigenvalue weighted by Crippen LogP contribution is 2.37. The van der Waals surface area contributed by atoms with Crippen molar-refractivity contribution in [2.24, 2.45) is 5.73 Å². The molecular formula is C17H17Cl2N. The molecule has 1 aliphatic rings. The Bertz CT molecular complexity index is 603. The van der Waals surface area contributed by atoms with E-state index in [1.807, 2.05) is 6.07 Å². The molecule has 1 unspecified atom stereocenters. The van der Waals surface area contributed by atoms with Crippen LogP contribution in [0.4, 0.5) is 0 Å². The lowest BCUT2D eigenvalue weighted by molar-refractivity contribution is 0.419. The lowest BCUT2D eigenvalue weighted by Crippen LogP contribution is -2.13. The smallest absolute Gasteiger partial charge is 0.0566 e. The molecule has 0 saturated heterocycles. The van der Waals surface area contributed by atoms with Gasteiger partial charge >= 0.3 is 0 Å². The van der Waals surface area contributed by atoms with Crippen molar-refractivity contribution in [1.29, 1.82) is 0 Å². The Balaban J connectivity index is 1.85. The Kier molecular flexibility index (Phi) is 4.02. The van der Waals surface area contributed by atoms with Gasteiger partial charge in [-0.3, -0.25) is 0 Å². The number of benzene rings is 2. The van der Waals surface area contributed by atoms with E-state index in [0.29, 0.717) is 10.0 Å². The Morgan fingerprint density at radius 2 is 1.70 bits per heavy atom. The van der Waals surface area contributed by atoms with Crippen molar-refractivity contribution >= 4 is 23.2 Å². The SMILES string of the molecule is NC(c1ccc(C2CCC2)cc1)c1cc(Cl)ccc1Cl. The number of hydrogen-bond acceptors (Lipinski definition) is 1. The minimum Gasteiger partial charge on any atom is -0.320 e. The van der Waals surface area contributed by atoms with Crippen LogP contribution < -0.4 is 5.73 Å². The number of nitrogens with two attached hydrogens (primary N) is 1. The lowest BCUT2D eigenvalue weighted by atomic mass is 9.79. The number of hydrogen-bond donors (Lipinski definition) is 1. The molecule has 104 valence electrons. The topological polar surface area (TPSA) is 26.0 Å². The van der Waals surface area contributed by atoms with Gasteiger partial charge < -0.3 is 5.73 Å². The molecule has 0 bridgehead atoms. The van der Waals surface area contributed by atoms with E-state index in [4.69, 9.17) is 28.9 Å². The summed E-state index contributed by atoms with van der Waals surface area (Å²) in [4.78, 5) is 0. The van der Waals surface area contributed by atoms with E-state index in [2.05, 4.69) is 24.3 Å². The number of rotatable bonds is 3. The highest BCUT2D eigenvalue weighted by molar-refractivity contribution is 6.33. The highest BCUT2D eigenvalue weighted by atomic mass is 35.5. The molecule has 0 aliphatic heterocycles. The zero-order valence-electron chi connectivity index (χ0n) is 11.2. The third kappa shape index (κ3) is 2.71. The van der Waals surface area contributed by atoms with Crippen LogP contribution in [0.5, 0.6) is 0 Å². The summed E-state index contributed by atoms with van der Waals surface area (Å²) in [6.45, 7) is 0. The van der Waals surface area contributed by atoms with Crippen LogP contribution in [0.15, 0.2) is 42.5 Å². The van der Waals surface area contributed by atoms with Crippen LogP contribution in [0.3, 0.4) is 0 Å². The van der Waals surface area contributed by atoms with E-state index in [0.717, 1.165) is 17.0 Å². The molecule has 2 aromatic carbocycles. The van der Waals surface area contributed by atoms with Crippen LogP contribution in [0.25, 0.3) is 0 Å². The maximum atomic E-state index is 6.32. The van der Waals surface area contributed by atoms with Crippen molar-refractivity contribution in [3.05, 3.63) is 69.2 Å². The van der Waals surface area contributed by atoms with Crippen molar-refractivity contribution in [1.82, 2.24) is 0 Å². The third-order valence-electron chi connectivity index (χ3n) is 4.17. The average Bonchev–Trinajstić information content (AvgIpc) is 2.40. The Morgan fingerprint density at radius 3 is 2.30 bits per heavy atom. The molecule has 3 rings (SSSR count). The Labute approximate surface area is 129 Å². The zero-order chi connectivity index (χ0) is 14.1. The zero-order valence-corrected chi connectivity index (χ0v) is 12.7. The first-order valence-corrected chi connectivity index (χ1v) is 7.71. The molecule has 3 heteroatoms. The molecule has 0 heterocycles. The summed E-state index contributed by atoms with van der Waals surface area (Å²) in [7, 11) is 0. The van der Waals surface area contributed by atoms with Gasteiger partial charge in [-0.1, -0.05) is 53.9 Å². The monoisotopic (exact) mass is 305 g/mol. The molecule has 2 N–H and O–H groups in total. The summed E-state index contributed by atoms with van der Waals surface area (Å²) >= 11 is 12.2. The Morgan fingerprint density at radius 1 is 1.00 bits per heavy atom. The van der Waals surface area contributed by atoms with Crippen LogP contribution >= 0.6 is 23.2 Å². The van der Waals surface area contributed by atoms with Crippen LogP contribution in [0.2, 0.25) is 10.0 Å². The van der Waals surface area contributed by atoms with Gasteiger partial charge in [-0.2, -0.15) is 0 Å². The van der Waals surface area contributed by atoms with Crippen molar-refractivity contribution in [3.63, 3.8) is 0 Å². The van der Waals surface area contributed by atoms with Gasteiger partial charge in [0, 0.05) is 10.0 Å². The highest BCUT2D eigenvalue weighted by Gasteiger charge is 2.20. The third-order valence-corrected chi connectivity index (χ3v) is 4.74. The second-order valence-corrected chi connectivity index (χ2v) is 6.28. The first kappa shape index (κ1) is 13.9. The average molecular weight is 306 g/mol. The van der Waals surface area contributed by atoms with Gasteiger partial charge in [0.15, 0.2) is 0 Å². The fourth-order valence-electron chi connectivity index (χ4n) is 2.65. The fourth-order valence-corrected chi connectivity index (χ4v) is 3.07. The van der Waals surface area contributed by atoms with E-state index in [1.165, 1.54) is 24.8 Å². The maximum Gasteiger partial charge on any atom is 0.0566 e. The van der Waals surface area contributed by atoms with E-state index in [9.17, 15) is 0 Å². The first-order chi connectivity index (χ1) is 9.65. The minimum atomic E-state index is -0.239. The molecule has 1 aliphatic carbocycles. The molecule has 1 saturated carbocycles. The van der Waals surface area contributed by atoms with E-state index < -0.39 is 0 Å². The van der Waals surface area contributed by atoms with Crippen LogP contribution in [-0.2, 0) is 0 Å². The van der Waals surface area contributed by atoms with Crippen molar-refractivity contribution in [3.8, 4) is 0 Å². The first-order valence-electron chi connectivity index (χ1n) is 6.95. The van der Waals surface area contributed by atoms with Gasteiger partial charge in [-0.05, 0) is 53.6 Å². The van der Waals surface area contributed by atoms with Gasteiger partial charge in [-0.15, -0.1) is 0 Å². The van der Waals surface area contributed by atoms with Gasteiger partial charge in [0.05, 0.1) is 6.04 Å². The van der Waals surface area contributed by atoms with Crippen LogP contribution in [0, 0.1) is 0 Å². The lowest BCUT2D eigenvalue weighted by Gasteiger charge is -2.26. The quantitative estimate of drug-likeness (QED) is 0.817. The van der Waals surface area contributed by atoms with E-state index in [1.54, 1.807) is 12.1 Å². The Hall–Kier alpha value is -1.02. The summed E-state index contributed by atoms with van der Waals surface area (Å²) in [5, 5.41) is 1.32. The summed E-state index contributed by atoms with van der Waals surface area (Å²) in [5.41, 5.74) is 9.67. The molecule has 0 radical (unpaired) electrons. The second-order valence-electron chi connectivity index (χ2n) is 5.44. The van der Waals surface area contributed by atoms with E-state index >= 15 is 0 Å². The molecule has 20 heavy (non-hydrogen) atoms. The van der Waals surface area contributed by atoms with Gasteiger partial charge in [0.1, 0.15) is 0 Å². The predicted molar refractivity (Wildman–Crippen MR) is 85.5 cm³/mol. The maximum absolute atomic E-state index is 6.32. The van der Waals surface area contributed by atoms with Gasteiger partial charge in [0.25, 0.3) is 0 Å². The second kappa shape index (κ2) is 5.77. The molecule has 2 aromatic rings. The van der Waals surface area contributed by atoms with Crippen molar-refractivity contribution < 1.29 is 0 Å². The minimum absolute atomic E-state index is 0.239. The molecular weight excluding hydrogens is 289 g/mol. The fraction of sp³-hybridized carbons (Fsp3) is 0.294. The largest absolute Gasteiger partial charge is 0.320 e. The normalized spacial score (nSPS) is 16.8. The van der Waals surface area contributed by atoms with Crippen LogP contribution in [-0.4, -0.2) is 0 Å². The molecule has 0 aromatic heterocycles. The van der Waals surface area contributed by atoms with Gasteiger partial charge in [-0.25, -0.2) is 0 Å². The summed E-state index contributed by atoms with van der Waals surface area (Å²) < 4.78 is 0. The molecule has 0 spiro atoms. The standard InChI is InChI=1S/C17H17Cl2N/c18-14-8-9-16(19)15(10-14)17(20)13-6-4-12(5-7-13)11-2-1-3-11/h4-11,17H,1-3,20H2. The van der Waals surface area contributed by atoms with Crippen molar-refractivity contribution in [2.75, 3.05) is 0 Å². The van der Waals surface area contributed by atoms with E-state index in [-0.39, 0.29) is 6.04 Å². The molecule has 0 amide bonds. The molecule has 1 fully saturated rings. The molecule has 1 nitrogen and oxygen atoms in total. The van der Waals surface area contributed by atoms with Crippen LogP contribution in [0.1, 0.15) is 47.9 Å². The van der Waals surface area contributed by atoms with Gasteiger partial charge in [0.2, 0.25) is 0 Å². The van der Waals surface area contributed by atoms with Crippen molar-refractivity contribution in [2.45, 2.75) is 31.2 Å².